The monoisotopic (exact) mass is 345 g/mol. The lowest BCUT2D eigenvalue weighted by Gasteiger charge is -2.31. The second-order valence-corrected chi connectivity index (χ2v) is 6.92. The fourth-order valence-electron chi connectivity index (χ4n) is 3.71. The van der Waals surface area contributed by atoms with Gasteiger partial charge in [0.05, 0.1) is 0 Å². The predicted octanol–water partition coefficient (Wildman–Crippen LogP) is 2.47. The number of hydrogen-bond acceptors (Lipinski definition) is 5. The summed E-state index contributed by atoms with van der Waals surface area (Å²) in [5.41, 5.74) is 0.774. The van der Waals surface area contributed by atoms with Crippen molar-refractivity contribution in [2.24, 2.45) is 0 Å². The number of imide groups is 1. The Bertz CT molecular complexity index is 700. The Labute approximate surface area is 146 Å². The molecule has 0 aromatic heterocycles. The van der Waals surface area contributed by atoms with E-state index in [0.29, 0.717) is 18.8 Å². The van der Waals surface area contributed by atoms with Crippen molar-refractivity contribution in [1.29, 1.82) is 0 Å². The second kappa shape index (κ2) is 6.13. The first kappa shape index (κ1) is 16.1. The number of carbonyl (C=O) groups is 2. The average molecular weight is 345 g/mol. The van der Waals surface area contributed by atoms with E-state index >= 15 is 0 Å². The highest BCUT2D eigenvalue weighted by Gasteiger charge is 2.42. The van der Waals surface area contributed by atoms with Crippen LogP contribution in [0.25, 0.3) is 0 Å². The molecule has 4 rings (SSSR count). The van der Waals surface area contributed by atoms with Gasteiger partial charge in [-0.15, -0.1) is 0 Å². The summed E-state index contributed by atoms with van der Waals surface area (Å²) >= 11 is 0. The topological polar surface area (TPSA) is 79.9 Å². The number of ether oxygens (including phenoxy) is 2. The molecule has 25 heavy (non-hydrogen) atoms. The number of benzene rings is 1. The summed E-state index contributed by atoms with van der Waals surface area (Å²) in [4.78, 5) is 25.2. The van der Waals surface area contributed by atoms with Crippen molar-refractivity contribution in [3.8, 4) is 11.5 Å². The van der Waals surface area contributed by atoms with Crippen molar-refractivity contribution in [2.45, 2.75) is 50.9 Å². The number of nitrogens with zero attached hydrogens (tertiary/aromatic N) is 1. The molecule has 0 bridgehead atoms. The van der Waals surface area contributed by atoms with E-state index in [2.05, 4.69) is 10.6 Å². The summed E-state index contributed by atoms with van der Waals surface area (Å²) in [5, 5.41) is 5.79. The van der Waals surface area contributed by atoms with Crippen molar-refractivity contribution in [3.63, 3.8) is 0 Å². The smallest absolute Gasteiger partial charge is 0.324 e. The van der Waals surface area contributed by atoms with Crippen LogP contribution in [0.5, 0.6) is 11.5 Å². The molecule has 3 amide bonds. The molecule has 2 aliphatic heterocycles. The summed E-state index contributed by atoms with van der Waals surface area (Å²) in [6.45, 7) is 2.66. The van der Waals surface area contributed by atoms with Crippen LogP contribution in [0.15, 0.2) is 18.2 Å². The minimum absolute atomic E-state index is 0.239. The molecule has 3 aliphatic rings. The Balaban J connectivity index is 1.44. The minimum atomic E-state index is -0.507. The SMILES string of the molecule is C[C@@H](Nc1ccc2c(c1)OC1(CCCCC1)O2)C(=O)N1CCNC1=O. The number of nitrogens with one attached hydrogen (secondary N) is 2. The maximum absolute atomic E-state index is 12.4. The average Bonchev–Trinajstić information content (AvgIpc) is 3.17. The van der Waals surface area contributed by atoms with E-state index in [9.17, 15) is 9.59 Å². The summed E-state index contributed by atoms with van der Waals surface area (Å²) in [7, 11) is 0. The van der Waals surface area contributed by atoms with Gasteiger partial charge < -0.3 is 20.1 Å². The van der Waals surface area contributed by atoms with E-state index < -0.39 is 11.8 Å². The van der Waals surface area contributed by atoms with Crippen LogP contribution in [0.1, 0.15) is 39.0 Å². The Hall–Kier alpha value is -2.44. The fraction of sp³-hybridized carbons (Fsp3) is 0.556. The predicted molar refractivity (Wildman–Crippen MR) is 91.7 cm³/mol. The maximum atomic E-state index is 12.4. The molecule has 7 nitrogen and oxygen atoms in total. The van der Waals surface area contributed by atoms with Crippen molar-refractivity contribution < 1.29 is 19.1 Å². The highest BCUT2D eigenvalue weighted by molar-refractivity contribution is 5.99. The zero-order valence-corrected chi connectivity index (χ0v) is 14.3. The molecule has 1 aromatic carbocycles. The van der Waals surface area contributed by atoms with Gasteiger partial charge >= 0.3 is 6.03 Å². The third kappa shape index (κ3) is 2.99. The lowest BCUT2D eigenvalue weighted by atomic mass is 9.94. The van der Waals surface area contributed by atoms with Crippen molar-refractivity contribution >= 4 is 17.6 Å². The standard InChI is InChI=1S/C18H23N3O4/c1-12(16(22)21-10-9-19-17(21)23)20-13-5-6-14-15(11-13)25-18(24-14)7-3-2-4-8-18/h5-6,11-12,20H,2-4,7-10H2,1H3,(H,19,23)/t12-/m1/s1. The number of hydrogen-bond donors (Lipinski definition) is 2. The molecule has 1 atom stereocenters. The van der Waals surface area contributed by atoms with E-state index in [1.54, 1.807) is 6.92 Å². The number of fused-ring (bicyclic) bond motifs is 1. The van der Waals surface area contributed by atoms with Crippen LogP contribution in [0.2, 0.25) is 0 Å². The van der Waals surface area contributed by atoms with Crippen LogP contribution < -0.4 is 20.1 Å². The molecular formula is C18H23N3O4. The van der Waals surface area contributed by atoms with E-state index in [-0.39, 0.29) is 11.9 Å². The number of urea groups is 1. The maximum Gasteiger partial charge on any atom is 0.324 e. The fourth-order valence-corrected chi connectivity index (χ4v) is 3.71. The van der Waals surface area contributed by atoms with Crippen LogP contribution in [-0.4, -0.2) is 41.8 Å². The van der Waals surface area contributed by atoms with E-state index in [1.807, 2.05) is 18.2 Å². The highest BCUT2D eigenvalue weighted by Crippen LogP contribution is 2.46. The quantitative estimate of drug-likeness (QED) is 0.880. The molecule has 1 spiro atoms. The van der Waals surface area contributed by atoms with Gasteiger partial charge in [0.25, 0.3) is 11.7 Å². The summed E-state index contributed by atoms with van der Waals surface area (Å²) < 4.78 is 12.2. The molecule has 1 saturated heterocycles. The summed E-state index contributed by atoms with van der Waals surface area (Å²) in [6, 6.07) is 4.78. The van der Waals surface area contributed by atoms with Crippen LogP contribution in [0.3, 0.4) is 0 Å². The van der Waals surface area contributed by atoms with Crippen LogP contribution >= 0.6 is 0 Å². The van der Waals surface area contributed by atoms with E-state index in [1.165, 1.54) is 11.3 Å². The molecule has 2 heterocycles. The molecule has 2 N–H and O–H groups in total. The first-order chi connectivity index (χ1) is 12.1. The zero-order valence-electron chi connectivity index (χ0n) is 14.3. The first-order valence-corrected chi connectivity index (χ1v) is 8.94. The Kier molecular flexibility index (Phi) is 3.94. The number of rotatable bonds is 3. The largest absolute Gasteiger partial charge is 0.448 e. The molecule has 7 heteroatoms. The van der Waals surface area contributed by atoms with Crippen LogP contribution in [0.4, 0.5) is 10.5 Å². The normalized spacial score (nSPS) is 22.0. The van der Waals surface area contributed by atoms with E-state index in [4.69, 9.17) is 9.47 Å². The summed E-state index contributed by atoms with van der Waals surface area (Å²) in [6.07, 6.45) is 5.26. The van der Waals surface area contributed by atoms with Crippen molar-refractivity contribution in [1.82, 2.24) is 10.2 Å². The van der Waals surface area contributed by atoms with Gasteiger partial charge in [-0.1, -0.05) is 6.42 Å². The molecular weight excluding hydrogens is 322 g/mol. The van der Waals surface area contributed by atoms with Gasteiger partial charge in [-0.2, -0.15) is 0 Å². The second-order valence-electron chi connectivity index (χ2n) is 6.92. The van der Waals surface area contributed by atoms with Gasteiger partial charge in [0.15, 0.2) is 11.5 Å². The number of amides is 3. The first-order valence-electron chi connectivity index (χ1n) is 8.94. The molecule has 0 unspecified atom stereocenters. The Morgan fingerprint density at radius 3 is 2.72 bits per heavy atom. The van der Waals surface area contributed by atoms with Gasteiger partial charge in [0, 0.05) is 37.7 Å². The van der Waals surface area contributed by atoms with Gasteiger partial charge in [-0.05, 0) is 31.9 Å². The van der Waals surface area contributed by atoms with Gasteiger partial charge in [0.1, 0.15) is 6.04 Å². The Morgan fingerprint density at radius 2 is 2.00 bits per heavy atom. The third-order valence-electron chi connectivity index (χ3n) is 5.03. The van der Waals surface area contributed by atoms with Gasteiger partial charge in [-0.25, -0.2) is 4.79 Å². The number of anilines is 1. The molecule has 0 radical (unpaired) electrons. The lowest BCUT2D eigenvalue weighted by molar-refractivity contribution is -0.128. The summed E-state index contributed by atoms with van der Waals surface area (Å²) in [5.74, 6) is 0.723. The van der Waals surface area contributed by atoms with Crippen molar-refractivity contribution in [2.75, 3.05) is 18.4 Å². The molecule has 1 aromatic rings. The Morgan fingerprint density at radius 1 is 1.24 bits per heavy atom. The molecule has 2 fully saturated rings. The van der Waals surface area contributed by atoms with Gasteiger partial charge in [-0.3, -0.25) is 9.69 Å². The molecule has 1 saturated carbocycles. The highest BCUT2D eigenvalue weighted by atomic mass is 16.7. The molecule has 1 aliphatic carbocycles. The third-order valence-corrected chi connectivity index (χ3v) is 5.03. The minimum Gasteiger partial charge on any atom is -0.448 e. The van der Waals surface area contributed by atoms with Crippen molar-refractivity contribution in [3.05, 3.63) is 18.2 Å². The van der Waals surface area contributed by atoms with Crippen LogP contribution in [-0.2, 0) is 4.79 Å². The lowest BCUT2D eigenvalue weighted by Crippen LogP contribution is -2.43. The zero-order chi connectivity index (χ0) is 17.4. The van der Waals surface area contributed by atoms with E-state index in [0.717, 1.165) is 37.1 Å². The number of carbonyl (C=O) groups excluding carboxylic acids is 2. The van der Waals surface area contributed by atoms with Gasteiger partial charge in [0.2, 0.25) is 0 Å². The molecule has 134 valence electrons. The van der Waals surface area contributed by atoms with Crippen LogP contribution in [0, 0.1) is 0 Å².